The van der Waals surface area contributed by atoms with E-state index in [4.69, 9.17) is 4.74 Å². The molecule has 1 aliphatic heterocycles. The van der Waals surface area contributed by atoms with Crippen molar-refractivity contribution in [3.63, 3.8) is 0 Å². The van der Waals surface area contributed by atoms with E-state index < -0.39 is 0 Å². The van der Waals surface area contributed by atoms with Crippen LogP contribution in [0.25, 0.3) is 0 Å². The Hall–Kier alpha value is -1.14. The van der Waals surface area contributed by atoms with Crippen LogP contribution in [0.15, 0.2) is 5.38 Å². The monoisotopic (exact) mass is 270 g/mol. The summed E-state index contributed by atoms with van der Waals surface area (Å²) in [4.78, 5) is 15.5. The molecule has 0 bridgehead atoms. The number of hydrogen-bond donors (Lipinski definition) is 1. The van der Waals surface area contributed by atoms with Crippen molar-refractivity contribution in [1.29, 1.82) is 0 Å². The molecule has 0 aromatic carbocycles. The summed E-state index contributed by atoms with van der Waals surface area (Å²) in [5, 5.41) is 6.12. The van der Waals surface area contributed by atoms with E-state index in [1.54, 1.807) is 0 Å². The molecule has 0 spiro atoms. The Balaban J connectivity index is 1.95. The van der Waals surface area contributed by atoms with Gasteiger partial charge < -0.3 is 14.8 Å². The van der Waals surface area contributed by atoms with Crippen LogP contribution in [0.4, 0.5) is 5.13 Å². The van der Waals surface area contributed by atoms with Gasteiger partial charge in [0.2, 0.25) is 0 Å². The van der Waals surface area contributed by atoms with E-state index in [1.165, 1.54) is 18.4 Å². The summed E-state index contributed by atoms with van der Waals surface area (Å²) in [5.41, 5.74) is 0.688. The molecule has 1 aromatic heterocycles. The fraction of sp³-hybridized carbons (Fsp3) is 0.667. The summed E-state index contributed by atoms with van der Waals surface area (Å²) in [6.07, 6.45) is 2.35. The highest BCUT2D eigenvalue weighted by Gasteiger charge is 2.28. The molecule has 0 amide bonds. The largest absolute Gasteiger partial charge is 0.469 e. The number of rotatable bonds is 4. The minimum absolute atomic E-state index is 0.0569. The number of carbonyl (C=O) groups is 1. The van der Waals surface area contributed by atoms with Crippen LogP contribution >= 0.6 is 11.3 Å². The smallest absolute Gasteiger partial charge is 0.311 e. The summed E-state index contributed by atoms with van der Waals surface area (Å²) in [7, 11) is 1.38. The molecular weight excluding hydrogens is 252 g/mol. The van der Waals surface area contributed by atoms with Crippen molar-refractivity contribution in [3.8, 4) is 0 Å². The van der Waals surface area contributed by atoms with Gasteiger partial charge in [0, 0.05) is 12.0 Å². The zero-order valence-electron chi connectivity index (χ0n) is 10.7. The zero-order chi connectivity index (χ0) is 13.0. The van der Waals surface area contributed by atoms with Gasteiger partial charge in [-0.05, 0) is 19.8 Å². The van der Waals surface area contributed by atoms with Gasteiger partial charge in [0.15, 0.2) is 5.13 Å². The average molecular weight is 270 g/mol. The summed E-state index contributed by atoms with van der Waals surface area (Å²) < 4.78 is 10.1. The standard InChI is InChI=1S/C12H18N2O3S/c1-12(4-3-5-17-8-12)14-11-13-9(7-18-11)6-10(15)16-2/h7H,3-6,8H2,1-2H3,(H,13,14). The number of methoxy groups -OCH3 is 1. The molecule has 2 heterocycles. The molecule has 0 radical (unpaired) electrons. The highest BCUT2D eigenvalue weighted by molar-refractivity contribution is 7.13. The topological polar surface area (TPSA) is 60.5 Å². The number of ether oxygens (including phenoxy) is 2. The second-order valence-electron chi connectivity index (χ2n) is 4.74. The first-order valence-electron chi connectivity index (χ1n) is 5.98. The SMILES string of the molecule is COC(=O)Cc1csc(NC2(C)CCCOC2)n1. The molecule has 1 saturated heterocycles. The molecule has 0 saturated carbocycles. The number of hydrogen-bond acceptors (Lipinski definition) is 6. The van der Waals surface area contributed by atoms with E-state index in [2.05, 4.69) is 22.0 Å². The van der Waals surface area contributed by atoms with E-state index in [9.17, 15) is 4.79 Å². The Labute approximate surface area is 111 Å². The first-order chi connectivity index (χ1) is 8.61. The lowest BCUT2D eigenvalue weighted by atomic mass is 9.95. The lowest BCUT2D eigenvalue weighted by Gasteiger charge is -2.34. The molecule has 1 unspecified atom stereocenters. The van der Waals surface area contributed by atoms with Gasteiger partial charge in [-0.1, -0.05) is 0 Å². The number of nitrogens with one attached hydrogen (secondary N) is 1. The van der Waals surface area contributed by atoms with Gasteiger partial charge in [0.05, 0.1) is 31.4 Å². The molecule has 0 aliphatic carbocycles. The van der Waals surface area contributed by atoms with Crippen molar-refractivity contribution in [3.05, 3.63) is 11.1 Å². The van der Waals surface area contributed by atoms with Crippen molar-refractivity contribution < 1.29 is 14.3 Å². The molecule has 1 fully saturated rings. The maximum absolute atomic E-state index is 11.1. The van der Waals surface area contributed by atoms with Crippen molar-refractivity contribution in [1.82, 2.24) is 4.98 Å². The lowest BCUT2D eigenvalue weighted by molar-refractivity contribution is -0.139. The van der Waals surface area contributed by atoms with Crippen molar-refractivity contribution in [2.24, 2.45) is 0 Å². The Bertz CT molecular complexity index is 413. The van der Waals surface area contributed by atoms with E-state index in [0.717, 1.165) is 30.3 Å². The van der Waals surface area contributed by atoms with Gasteiger partial charge in [-0.3, -0.25) is 4.79 Å². The number of nitrogens with zero attached hydrogens (tertiary/aromatic N) is 1. The summed E-state index contributed by atoms with van der Waals surface area (Å²) >= 11 is 1.51. The van der Waals surface area contributed by atoms with E-state index in [0.29, 0.717) is 6.61 Å². The van der Waals surface area contributed by atoms with Crippen LogP contribution in [-0.4, -0.2) is 36.8 Å². The van der Waals surface area contributed by atoms with Crippen LogP contribution in [0, 0.1) is 0 Å². The van der Waals surface area contributed by atoms with Crippen LogP contribution in [0.2, 0.25) is 0 Å². The predicted molar refractivity (Wildman–Crippen MR) is 69.9 cm³/mol. The van der Waals surface area contributed by atoms with Crippen molar-refractivity contribution >= 4 is 22.4 Å². The number of aromatic nitrogens is 1. The van der Waals surface area contributed by atoms with Gasteiger partial charge in [0.25, 0.3) is 0 Å². The van der Waals surface area contributed by atoms with Gasteiger partial charge in [-0.15, -0.1) is 11.3 Å². The van der Waals surface area contributed by atoms with Crippen molar-refractivity contribution in [2.45, 2.75) is 31.7 Å². The Kier molecular flexibility index (Phi) is 4.19. The average Bonchev–Trinajstić information content (AvgIpc) is 2.76. The second-order valence-corrected chi connectivity index (χ2v) is 5.60. The number of carbonyl (C=O) groups excluding carboxylic acids is 1. The van der Waals surface area contributed by atoms with Gasteiger partial charge >= 0.3 is 5.97 Å². The molecule has 1 aliphatic rings. The number of esters is 1. The lowest BCUT2D eigenvalue weighted by Crippen LogP contribution is -2.43. The third kappa shape index (κ3) is 3.43. The first kappa shape index (κ1) is 13.3. The quantitative estimate of drug-likeness (QED) is 0.846. The number of anilines is 1. The minimum Gasteiger partial charge on any atom is -0.469 e. The van der Waals surface area contributed by atoms with Crippen molar-refractivity contribution in [2.75, 3.05) is 25.6 Å². The predicted octanol–water partition coefficient (Wildman–Crippen LogP) is 1.84. The minimum atomic E-state index is -0.265. The van der Waals surface area contributed by atoms with Gasteiger partial charge in [-0.25, -0.2) is 4.98 Å². The molecule has 1 N–H and O–H groups in total. The highest BCUT2D eigenvalue weighted by Crippen LogP contribution is 2.26. The Morgan fingerprint density at radius 1 is 1.72 bits per heavy atom. The second kappa shape index (κ2) is 5.67. The molecule has 1 aromatic rings. The van der Waals surface area contributed by atoms with Crippen LogP contribution in [0.3, 0.4) is 0 Å². The number of thiazole rings is 1. The molecule has 1 atom stereocenters. The molecule has 18 heavy (non-hydrogen) atoms. The normalized spacial score (nSPS) is 23.7. The maximum atomic E-state index is 11.1. The van der Waals surface area contributed by atoms with E-state index in [-0.39, 0.29) is 17.9 Å². The van der Waals surface area contributed by atoms with Gasteiger partial charge in [0.1, 0.15) is 0 Å². The third-order valence-corrected chi connectivity index (χ3v) is 3.76. The maximum Gasteiger partial charge on any atom is 0.311 e. The van der Waals surface area contributed by atoms with E-state index >= 15 is 0 Å². The fourth-order valence-electron chi connectivity index (χ4n) is 1.96. The Morgan fingerprint density at radius 2 is 2.56 bits per heavy atom. The van der Waals surface area contributed by atoms with Gasteiger partial charge in [-0.2, -0.15) is 0 Å². The fourth-order valence-corrected chi connectivity index (χ4v) is 2.82. The van der Waals surface area contributed by atoms with Crippen LogP contribution < -0.4 is 5.32 Å². The summed E-state index contributed by atoms with van der Waals surface area (Å²) in [6, 6.07) is 0. The molecule has 5 nitrogen and oxygen atoms in total. The molecule has 6 heteroatoms. The first-order valence-corrected chi connectivity index (χ1v) is 6.86. The summed E-state index contributed by atoms with van der Waals surface area (Å²) in [6.45, 7) is 3.66. The Morgan fingerprint density at radius 3 is 3.22 bits per heavy atom. The highest BCUT2D eigenvalue weighted by atomic mass is 32.1. The van der Waals surface area contributed by atoms with Crippen LogP contribution in [0.5, 0.6) is 0 Å². The summed E-state index contributed by atoms with van der Waals surface area (Å²) in [5.74, 6) is -0.265. The molecular formula is C12H18N2O3S. The zero-order valence-corrected chi connectivity index (χ0v) is 11.5. The van der Waals surface area contributed by atoms with Crippen LogP contribution in [-0.2, 0) is 20.7 Å². The molecule has 2 rings (SSSR count). The molecule has 100 valence electrons. The van der Waals surface area contributed by atoms with Crippen LogP contribution in [0.1, 0.15) is 25.5 Å². The third-order valence-electron chi connectivity index (χ3n) is 2.95. The van der Waals surface area contributed by atoms with E-state index in [1.807, 2.05) is 5.38 Å².